The molecule has 114 valence electrons. The fourth-order valence-corrected chi connectivity index (χ4v) is 2.99. The third-order valence-corrected chi connectivity index (χ3v) is 4.38. The molecule has 1 amide bonds. The van der Waals surface area contributed by atoms with Crippen LogP contribution in [0.3, 0.4) is 0 Å². The van der Waals surface area contributed by atoms with Crippen molar-refractivity contribution in [3.8, 4) is 11.8 Å². The van der Waals surface area contributed by atoms with Crippen LogP contribution in [0.4, 0.5) is 0 Å². The lowest BCUT2D eigenvalue weighted by atomic mass is 10.2. The number of aryl methyl sites for hydroxylation is 1. The SMILES string of the molecule is Cc1ccsc1CN(C)C(=O)C(C)Oc1ccc(C#N)cc1. The zero-order chi connectivity index (χ0) is 16.1. The average Bonchev–Trinajstić information content (AvgIpc) is 2.92. The van der Waals surface area contributed by atoms with E-state index in [1.54, 1.807) is 54.5 Å². The van der Waals surface area contributed by atoms with E-state index in [9.17, 15) is 4.79 Å². The number of carbonyl (C=O) groups is 1. The number of nitrogens with zero attached hydrogens (tertiary/aromatic N) is 2. The first-order valence-corrected chi connectivity index (χ1v) is 7.84. The summed E-state index contributed by atoms with van der Waals surface area (Å²) >= 11 is 1.65. The van der Waals surface area contributed by atoms with Gasteiger partial charge in [-0.05, 0) is 55.1 Å². The van der Waals surface area contributed by atoms with Crippen molar-refractivity contribution in [1.82, 2.24) is 4.90 Å². The predicted molar refractivity (Wildman–Crippen MR) is 86.8 cm³/mol. The molecule has 0 aliphatic rings. The molecule has 4 nitrogen and oxygen atoms in total. The summed E-state index contributed by atoms with van der Waals surface area (Å²) in [6, 6.07) is 10.8. The first-order chi connectivity index (χ1) is 10.5. The Morgan fingerprint density at radius 3 is 2.59 bits per heavy atom. The molecule has 0 N–H and O–H groups in total. The minimum Gasteiger partial charge on any atom is -0.481 e. The molecule has 1 heterocycles. The van der Waals surface area contributed by atoms with Gasteiger partial charge in [0.05, 0.1) is 18.2 Å². The van der Waals surface area contributed by atoms with E-state index < -0.39 is 6.10 Å². The van der Waals surface area contributed by atoms with Crippen LogP contribution in [0.25, 0.3) is 0 Å². The van der Waals surface area contributed by atoms with Gasteiger partial charge in [-0.1, -0.05) is 0 Å². The number of likely N-dealkylation sites (N-methyl/N-ethyl adjacent to an activating group) is 1. The quantitative estimate of drug-likeness (QED) is 0.850. The van der Waals surface area contributed by atoms with Gasteiger partial charge in [0.2, 0.25) is 0 Å². The van der Waals surface area contributed by atoms with Crippen LogP contribution >= 0.6 is 11.3 Å². The molecule has 1 atom stereocenters. The van der Waals surface area contributed by atoms with Crippen molar-refractivity contribution in [2.75, 3.05) is 7.05 Å². The molecule has 2 rings (SSSR count). The number of benzene rings is 1. The molecule has 0 saturated carbocycles. The van der Waals surface area contributed by atoms with Crippen molar-refractivity contribution < 1.29 is 9.53 Å². The fraction of sp³-hybridized carbons (Fsp3) is 0.294. The molecule has 0 saturated heterocycles. The Kier molecular flexibility index (Phi) is 5.18. The molecule has 5 heteroatoms. The number of ether oxygens (including phenoxy) is 1. The molecular weight excluding hydrogens is 296 g/mol. The molecule has 0 spiro atoms. The van der Waals surface area contributed by atoms with E-state index in [2.05, 4.69) is 6.07 Å². The van der Waals surface area contributed by atoms with Crippen LogP contribution in [0, 0.1) is 18.3 Å². The lowest BCUT2D eigenvalue weighted by Gasteiger charge is -2.22. The third-order valence-electron chi connectivity index (χ3n) is 3.37. The van der Waals surface area contributed by atoms with E-state index in [-0.39, 0.29) is 5.91 Å². The number of rotatable bonds is 5. The normalized spacial score (nSPS) is 11.5. The van der Waals surface area contributed by atoms with E-state index in [4.69, 9.17) is 10.00 Å². The van der Waals surface area contributed by atoms with Gasteiger partial charge in [0, 0.05) is 11.9 Å². The Bertz CT molecular complexity index is 685. The van der Waals surface area contributed by atoms with Crippen molar-refractivity contribution in [2.45, 2.75) is 26.5 Å². The van der Waals surface area contributed by atoms with Crippen molar-refractivity contribution >= 4 is 17.2 Å². The monoisotopic (exact) mass is 314 g/mol. The first-order valence-electron chi connectivity index (χ1n) is 6.96. The summed E-state index contributed by atoms with van der Waals surface area (Å²) in [5.74, 6) is 0.512. The highest BCUT2D eigenvalue weighted by molar-refractivity contribution is 7.10. The zero-order valence-corrected chi connectivity index (χ0v) is 13.7. The maximum atomic E-state index is 12.4. The minimum atomic E-state index is -0.571. The molecule has 0 bridgehead atoms. The highest BCUT2D eigenvalue weighted by Gasteiger charge is 2.20. The predicted octanol–water partition coefficient (Wildman–Crippen LogP) is 3.35. The smallest absolute Gasteiger partial charge is 0.263 e. The molecule has 1 aromatic carbocycles. The fourth-order valence-electron chi connectivity index (χ4n) is 2.03. The molecule has 22 heavy (non-hydrogen) atoms. The second-order valence-electron chi connectivity index (χ2n) is 5.12. The van der Waals surface area contributed by atoms with Crippen LogP contribution in [-0.2, 0) is 11.3 Å². The van der Waals surface area contributed by atoms with Gasteiger partial charge in [-0.25, -0.2) is 0 Å². The number of carbonyl (C=O) groups excluding carboxylic acids is 1. The highest BCUT2D eigenvalue weighted by Crippen LogP contribution is 2.19. The molecule has 1 aromatic heterocycles. The summed E-state index contributed by atoms with van der Waals surface area (Å²) in [7, 11) is 1.78. The van der Waals surface area contributed by atoms with Crippen LogP contribution in [0.15, 0.2) is 35.7 Å². The number of hydrogen-bond donors (Lipinski definition) is 0. The highest BCUT2D eigenvalue weighted by atomic mass is 32.1. The maximum Gasteiger partial charge on any atom is 0.263 e. The van der Waals surface area contributed by atoms with E-state index in [1.807, 2.05) is 18.4 Å². The van der Waals surface area contributed by atoms with Crippen molar-refractivity contribution in [1.29, 1.82) is 5.26 Å². The summed E-state index contributed by atoms with van der Waals surface area (Å²) in [5, 5.41) is 10.8. The van der Waals surface area contributed by atoms with Gasteiger partial charge in [0.1, 0.15) is 5.75 Å². The second kappa shape index (κ2) is 7.10. The molecule has 0 aliphatic heterocycles. The minimum absolute atomic E-state index is 0.0721. The lowest BCUT2D eigenvalue weighted by Crippen LogP contribution is -2.37. The summed E-state index contributed by atoms with van der Waals surface area (Å²) in [6.07, 6.45) is -0.571. The van der Waals surface area contributed by atoms with Gasteiger partial charge in [-0.2, -0.15) is 5.26 Å². The lowest BCUT2D eigenvalue weighted by molar-refractivity contribution is -0.137. The topological polar surface area (TPSA) is 53.3 Å². The second-order valence-corrected chi connectivity index (χ2v) is 6.12. The Morgan fingerprint density at radius 2 is 2.05 bits per heavy atom. The van der Waals surface area contributed by atoms with Crippen molar-refractivity contribution in [3.05, 3.63) is 51.7 Å². The largest absolute Gasteiger partial charge is 0.481 e. The Labute approximate surface area is 134 Å². The first kappa shape index (κ1) is 16.1. The van der Waals surface area contributed by atoms with Gasteiger partial charge in [-0.15, -0.1) is 11.3 Å². The Balaban J connectivity index is 1.96. The molecule has 0 radical (unpaired) electrons. The van der Waals surface area contributed by atoms with Crippen molar-refractivity contribution in [2.24, 2.45) is 0 Å². The van der Waals surface area contributed by atoms with Gasteiger partial charge >= 0.3 is 0 Å². The Hall–Kier alpha value is -2.32. The summed E-state index contributed by atoms with van der Waals surface area (Å²) in [5.41, 5.74) is 1.77. The van der Waals surface area contributed by atoms with Crippen LogP contribution in [0.1, 0.15) is 22.9 Å². The molecule has 0 aliphatic carbocycles. The maximum absolute atomic E-state index is 12.4. The number of hydrogen-bond acceptors (Lipinski definition) is 4. The van der Waals surface area contributed by atoms with Gasteiger partial charge in [-0.3, -0.25) is 4.79 Å². The van der Waals surface area contributed by atoms with Crippen LogP contribution in [0.2, 0.25) is 0 Å². The van der Waals surface area contributed by atoms with E-state index in [1.165, 1.54) is 10.4 Å². The van der Waals surface area contributed by atoms with E-state index in [0.29, 0.717) is 17.9 Å². The summed E-state index contributed by atoms with van der Waals surface area (Å²) in [4.78, 5) is 15.2. The zero-order valence-electron chi connectivity index (χ0n) is 12.9. The average molecular weight is 314 g/mol. The third kappa shape index (κ3) is 3.86. The molecule has 0 fully saturated rings. The van der Waals surface area contributed by atoms with Crippen LogP contribution in [-0.4, -0.2) is 24.0 Å². The standard InChI is InChI=1S/C17H18N2O2S/c1-12-8-9-22-16(12)11-19(3)17(20)13(2)21-15-6-4-14(10-18)5-7-15/h4-9,13H,11H2,1-3H3. The van der Waals surface area contributed by atoms with Crippen LogP contribution in [0.5, 0.6) is 5.75 Å². The Morgan fingerprint density at radius 1 is 1.36 bits per heavy atom. The van der Waals surface area contributed by atoms with E-state index in [0.717, 1.165) is 0 Å². The van der Waals surface area contributed by atoms with Gasteiger partial charge < -0.3 is 9.64 Å². The number of nitriles is 1. The molecular formula is C17H18N2O2S. The molecule has 2 aromatic rings. The number of amides is 1. The van der Waals surface area contributed by atoms with Crippen LogP contribution < -0.4 is 4.74 Å². The summed E-state index contributed by atoms with van der Waals surface area (Å²) in [6.45, 7) is 4.36. The van der Waals surface area contributed by atoms with E-state index >= 15 is 0 Å². The van der Waals surface area contributed by atoms with Gasteiger partial charge in [0.15, 0.2) is 6.10 Å². The van der Waals surface area contributed by atoms with Crippen molar-refractivity contribution in [3.63, 3.8) is 0 Å². The molecule has 1 unspecified atom stereocenters. The summed E-state index contributed by atoms with van der Waals surface area (Å²) < 4.78 is 5.65. The number of thiophene rings is 1. The van der Waals surface area contributed by atoms with Gasteiger partial charge in [0.25, 0.3) is 5.91 Å².